The lowest BCUT2D eigenvalue weighted by atomic mass is 10.2. The van der Waals surface area contributed by atoms with Crippen LogP contribution in [0.25, 0.3) is 6.08 Å². The molecule has 0 aliphatic heterocycles. The van der Waals surface area contributed by atoms with Crippen LogP contribution in [0.4, 0.5) is 0 Å². The van der Waals surface area contributed by atoms with Gasteiger partial charge in [-0.15, -0.1) is 0 Å². The third-order valence-electron chi connectivity index (χ3n) is 1.89. The van der Waals surface area contributed by atoms with E-state index in [4.69, 9.17) is 9.47 Å². The molecule has 0 bridgehead atoms. The first-order chi connectivity index (χ1) is 8.43. The quantitative estimate of drug-likeness (QED) is 0.369. The normalized spacial score (nSPS) is 10.4. The molecule has 1 rings (SSSR count). The number of carbonyl (C=O) groups is 1. The first kappa shape index (κ1) is 14.2. The molecule has 6 nitrogen and oxygen atoms in total. The Balaban J connectivity index is 3.17. The summed E-state index contributed by atoms with van der Waals surface area (Å²) in [5.41, 5.74) is 0.548. The number of methoxy groups -OCH3 is 1. The molecule has 1 aromatic rings. The lowest BCUT2D eigenvalue weighted by Crippen LogP contribution is -2.04. The highest BCUT2D eigenvalue weighted by Gasteiger charge is 2.13. The van der Waals surface area contributed by atoms with Crippen LogP contribution in [-0.4, -0.2) is 18.0 Å². The van der Waals surface area contributed by atoms with E-state index in [0.29, 0.717) is 15.8 Å². The summed E-state index contributed by atoms with van der Waals surface area (Å²) in [7, 11) is 1.41. The van der Waals surface area contributed by atoms with E-state index in [-0.39, 0.29) is 5.75 Å². The molecule has 0 atom stereocenters. The molecule has 96 valence electrons. The van der Waals surface area contributed by atoms with E-state index >= 15 is 0 Å². The van der Waals surface area contributed by atoms with Crippen molar-refractivity contribution in [2.75, 3.05) is 7.11 Å². The first-order valence-corrected chi connectivity index (χ1v) is 5.61. The van der Waals surface area contributed by atoms with Gasteiger partial charge in [0.25, 0.3) is 0 Å². The van der Waals surface area contributed by atoms with Crippen LogP contribution in [0, 0.1) is 10.1 Å². The summed E-state index contributed by atoms with van der Waals surface area (Å²) < 4.78 is 10.5. The van der Waals surface area contributed by atoms with E-state index in [1.807, 2.05) is 0 Å². The minimum absolute atomic E-state index is 0.239. The Kier molecular flexibility index (Phi) is 4.85. The Hall–Kier alpha value is -1.89. The van der Waals surface area contributed by atoms with E-state index in [2.05, 4.69) is 15.9 Å². The number of ether oxygens (including phenoxy) is 2. The number of benzene rings is 1. The second-order valence-corrected chi connectivity index (χ2v) is 4.08. The van der Waals surface area contributed by atoms with Crippen LogP contribution in [0.3, 0.4) is 0 Å². The minimum Gasteiger partial charge on any atom is -0.493 e. The van der Waals surface area contributed by atoms with Crippen molar-refractivity contribution in [3.8, 4) is 11.5 Å². The topological polar surface area (TPSA) is 78.7 Å². The molecule has 0 fully saturated rings. The zero-order valence-electron chi connectivity index (χ0n) is 9.68. The SMILES string of the molecule is COc1cc(C=C[N+](=O)[O-])cc(Br)c1OC(C)=O. The maximum atomic E-state index is 10.9. The van der Waals surface area contributed by atoms with Crippen molar-refractivity contribution in [3.05, 3.63) is 38.5 Å². The molecule has 0 N–H and O–H groups in total. The van der Waals surface area contributed by atoms with Gasteiger partial charge in [-0.3, -0.25) is 14.9 Å². The Morgan fingerprint density at radius 1 is 1.50 bits per heavy atom. The lowest BCUT2D eigenvalue weighted by Gasteiger charge is -2.10. The predicted octanol–water partition coefficient (Wildman–Crippen LogP) is 2.63. The summed E-state index contributed by atoms with van der Waals surface area (Å²) in [5.74, 6) is 0.0633. The van der Waals surface area contributed by atoms with Crippen molar-refractivity contribution in [2.45, 2.75) is 6.92 Å². The number of hydrogen-bond acceptors (Lipinski definition) is 5. The van der Waals surface area contributed by atoms with Crippen molar-refractivity contribution < 1.29 is 19.2 Å². The number of esters is 1. The van der Waals surface area contributed by atoms with Crippen LogP contribution >= 0.6 is 15.9 Å². The maximum absolute atomic E-state index is 10.9. The molecule has 0 saturated carbocycles. The zero-order valence-corrected chi connectivity index (χ0v) is 11.3. The molecule has 1 aromatic carbocycles. The minimum atomic E-state index is -0.569. The van der Waals surface area contributed by atoms with Gasteiger partial charge in [0, 0.05) is 13.0 Å². The molecule has 0 unspecified atom stereocenters. The van der Waals surface area contributed by atoms with Crippen LogP contribution < -0.4 is 9.47 Å². The van der Waals surface area contributed by atoms with Crippen LogP contribution in [0.2, 0.25) is 0 Å². The highest BCUT2D eigenvalue weighted by molar-refractivity contribution is 9.10. The molecule has 0 amide bonds. The summed E-state index contributed by atoms with van der Waals surface area (Å²) in [6, 6.07) is 3.11. The van der Waals surface area contributed by atoms with Crippen molar-refractivity contribution in [3.63, 3.8) is 0 Å². The summed E-state index contributed by atoms with van der Waals surface area (Å²) >= 11 is 3.21. The van der Waals surface area contributed by atoms with E-state index in [1.54, 1.807) is 6.07 Å². The largest absolute Gasteiger partial charge is 0.493 e. The smallest absolute Gasteiger partial charge is 0.308 e. The molecule has 7 heteroatoms. The second kappa shape index (κ2) is 6.15. The summed E-state index contributed by atoms with van der Waals surface area (Å²) in [6.45, 7) is 1.27. The number of rotatable bonds is 4. The Morgan fingerprint density at radius 3 is 2.67 bits per heavy atom. The molecule has 0 aliphatic rings. The van der Waals surface area contributed by atoms with Crippen LogP contribution in [0.15, 0.2) is 22.8 Å². The Morgan fingerprint density at radius 2 is 2.17 bits per heavy atom. The van der Waals surface area contributed by atoms with E-state index in [9.17, 15) is 14.9 Å². The van der Waals surface area contributed by atoms with Gasteiger partial charge in [-0.2, -0.15) is 0 Å². The number of nitrogens with zero attached hydrogens (tertiary/aromatic N) is 1. The van der Waals surface area contributed by atoms with Crippen molar-refractivity contribution in [1.82, 2.24) is 0 Å². The number of hydrogen-bond donors (Lipinski definition) is 0. The molecule has 18 heavy (non-hydrogen) atoms. The number of nitro groups is 1. The average Bonchev–Trinajstić information content (AvgIpc) is 2.28. The van der Waals surface area contributed by atoms with Gasteiger partial charge in [-0.1, -0.05) is 0 Å². The third kappa shape index (κ3) is 3.85. The van der Waals surface area contributed by atoms with Gasteiger partial charge in [-0.05, 0) is 33.6 Å². The molecule has 0 aliphatic carbocycles. The summed E-state index contributed by atoms with van der Waals surface area (Å²) in [4.78, 5) is 20.6. The number of carbonyl (C=O) groups excluding carboxylic acids is 1. The van der Waals surface area contributed by atoms with Crippen molar-refractivity contribution in [1.29, 1.82) is 0 Å². The fraction of sp³-hybridized carbons (Fsp3) is 0.182. The fourth-order valence-corrected chi connectivity index (χ4v) is 1.77. The third-order valence-corrected chi connectivity index (χ3v) is 2.48. The standard InChI is InChI=1S/C11H10BrNO5/c1-7(14)18-11-9(12)5-8(3-4-13(15)16)6-10(11)17-2/h3-6H,1-2H3. The van der Waals surface area contributed by atoms with Gasteiger partial charge in [0.15, 0.2) is 11.5 Å². The first-order valence-electron chi connectivity index (χ1n) is 4.81. The average molecular weight is 316 g/mol. The van der Waals surface area contributed by atoms with Crippen molar-refractivity contribution >= 4 is 28.0 Å². The molecule has 0 saturated heterocycles. The van der Waals surface area contributed by atoms with E-state index in [0.717, 1.165) is 6.20 Å². The predicted molar refractivity (Wildman–Crippen MR) is 68.0 cm³/mol. The van der Waals surface area contributed by atoms with Gasteiger partial charge < -0.3 is 9.47 Å². The lowest BCUT2D eigenvalue weighted by molar-refractivity contribution is -0.400. The molecule has 0 aromatic heterocycles. The monoisotopic (exact) mass is 315 g/mol. The summed E-state index contributed by atoms with van der Waals surface area (Å²) in [6.07, 6.45) is 2.12. The van der Waals surface area contributed by atoms with E-state index < -0.39 is 10.9 Å². The highest BCUT2D eigenvalue weighted by atomic mass is 79.9. The van der Waals surface area contributed by atoms with Crippen LogP contribution in [0.5, 0.6) is 11.5 Å². The van der Waals surface area contributed by atoms with Gasteiger partial charge in [0.1, 0.15) is 0 Å². The molecule has 0 spiro atoms. The molecular weight excluding hydrogens is 306 g/mol. The second-order valence-electron chi connectivity index (χ2n) is 3.23. The zero-order chi connectivity index (χ0) is 13.7. The number of halogens is 1. The maximum Gasteiger partial charge on any atom is 0.308 e. The highest BCUT2D eigenvalue weighted by Crippen LogP contribution is 2.37. The van der Waals surface area contributed by atoms with Crippen molar-refractivity contribution in [2.24, 2.45) is 0 Å². The Bertz CT molecular complexity index is 512. The van der Waals surface area contributed by atoms with E-state index in [1.165, 1.54) is 26.2 Å². The van der Waals surface area contributed by atoms with Gasteiger partial charge >= 0.3 is 5.97 Å². The molecule has 0 heterocycles. The van der Waals surface area contributed by atoms with Gasteiger partial charge in [-0.25, -0.2) is 0 Å². The molecule has 0 radical (unpaired) electrons. The summed E-state index contributed by atoms with van der Waals surface area (Å²) in [5, 5.41) is 10.2. The molecular formula is C11H10BrNO5. The Labute approximate surface area is 111 Å². The van der Waals surface area contributed by atoms with Gasteiger partial charge in [0.05, 0.1) is 16.5 Å². The van der Waals surface area contributed by atoms with Crippen LogP contribution in [-0.2, 0) is 4.79 Å². The van der Waals surface area contributed by atoms with Gasteiger partial charge in [0.2, 0.25) is 6.20 Å². The van der Waals surface area contributed by atoms with Crippen LogP contribution in [0.1, 0.15) is 12.5 Å². The fourth-order valence-electron chi connectivity index (χ4n) is 1.23.